The minimum Gasteiger partial charge on any atom is -0.347 e. The van der Waals surface area contributed by atoms with Gasteiger partial charge >= 0.3 is 0 Å². The van der Waals surface area contributed by atoms with Crippen molar-refractivity contribution in [2.24, 2.45) is 5.73 Å². The number of sulfone groups is 1. The van der Waals surface area contributed by atoms with Crippen LogP contribution in [0.25, 0.3) is 0 Å². The molecule has 0 aromatic carbocycles. The highest BCUT2D eigenvalue weighted by atomic mass is 32.2. The van der Waals surface area contributed by atoms with E-state index in [2.05, 4.69) is 25.7 Å². The molecule has 20 heavy (non-hydrogen) atoms. The fraction of sp³-hybridized carbons (Fsp3) is 0.769. The molecule has 0 radical (unpaired) electrons. The van der Waals surface area contributed by atoms with Gasteiger partial charge in [0.1, 0.15) is 0 Å². The summed E-state index contributed by atoms with van der Waals surface area (Å²) in [5.41, 5.74) is 6.81. The molecule has 2 rings (SSSR count). The molecule has 1 aliphatic rings. The molecule has 1 aromatic heterocycles. The third-order valence-corrected chi connectivity index (χ3v) is 6.26. The number of hydrogen-bond acceptors (Lipinski definition) is 6. The first-order valence-electron chi connectivity index (χ1n) is 6.88. The van der Waals surface area contributed by atoms with Crippen molar-refractivity contribution in [1.29, 1.82) is 0 Å². The molecule has 1 aliphatic heterocycles. The number of nitrogens with zero attached hydrogens (tertiary/aromatic N) is 2. The van der Waals surface area contributed by atoms with Crippen LogP contribution < -0.4 is 10.6 Å². The van der Waals surface area contributed by atoms with Crippen LogP contribution in [0.15, 0.2) is 0 Å². The highest BCUT2D eigenvalue weighted by Crippen LogP contribution is 2.34. The summed E-state index contributed by atoms with van der Waals surface area (Å²) >= 11 is 1.60. The fourth-order valence-electron chi connectivity index (χ4n) is 2.33. The molecule has 0 bridgehead atoms. The zero-order valence-corrected chi connectivity index (χ0v) is 14.0. The van der Waals surface area contributed by atoms with E-state index >= 15 is 0 Å². The zero-order chi connectivity index (χ0) is 15.0. The van der Waals surface area contributed by atoms with Gasteiger partial charge in [0.15, 0.2) is 15.0 Å². The van der Waals surface area contributed by atoms with E-state index in [1.165, 1.54) is 0 Å². The highest BCUT2D eigenvalue weighted by Gasteiger charge is 2.26. The maximum atomic E-state index is 11.7. The molecule has 0 spiro atoms. The minimum absolute atomic E-state index is 0.0403. The van der Waals surface area contributed by atoms with Crippen molar-refractivity contribution >= 4 is 26.3 Å². The van der Waals surface area contributed by atoms with Crippen LogP contribution in [0.2, 0.25) is 0 Å². The van der Waals surface area contributed by atoms with Crippen LogP contribution in [0.3, 0.4) is 0 Å². The van der Waals surface area contributed by atoms with Gasteiger partial charge in [-0.2, -0.15) is 0 Å². The zero-order valence-electron chi connectivity index (χ0n) is 12.3. The van der Waals surface area contributed by atoms with Gasteiger partial charge in [-0.15, -0.1) is 11.3 Å². The van der Waals surface area contributed by atoms with Crippen molar-refractivity contribution in [2.45, 2.75) is 39.2 Å². The molecular weight excluding hydrogens is 294 g/mol. The molecule has 0 atom stereocenters. The molecule has 0 aliphatic carbocycles. The summed E-state index contributed by atoms with van der Waals surface area (Å²) in [7, 11) is -2.89. The summed E-state index contributed by atoms with van der Waals surface area (Å²) in [5.74, 6) is 0.500. The van der Waals surface area contributed by atoms with E-state index in [4.69, 9.17) is 10.7 Å². The van der Waals surface area contributed by atoms with Crippen molar-refractivity contribution in [3.8, 4) is 0 Å². The van der Waals surface area contributed by atoms with Gasteiger partial charge in [0.2, 0.25) is 0 Å². The van der Waals surface area contributed by atoms with Gasteiger partial charge in [-0.05, 0) is 6.42 Å². The smallest absolute Gasteiger partial charge is 0.185 e. The van der Waals surface area contributed by atoms with Gasteiger partial charge in [-0.25, -0.2) is 13.4 Å². The van der Waals surface area contributed by atoms with E-state index in [0.717, 1.165) is 22.2 Å². The predicted octanol–water partition coefficient (Wildman–Crippen LogP) is 1.52. The lowest BCUT2D eigenvalue weighted by Gasteiger charge is -2.19. The van der Waals surface area contributed by atoms with Crippen molar-refractivity contribution in [3.63, 3.8) is 0 Å². The van der Waals surface area contributed by atoms with E-state index in [9.17, 15) is 8.42 Å². The summed E-state index contributed by atoms with van der Waals surface area (Å²) in [6.07, 6.45) is 0.671. The monoisotopic (exact) mass is 317 g/mol. The molecule has 0 unspecified atom stereocenters. The summed E-state index contributed by atoms with van der Waals surface area (Å²) in [5, 5.41) is 0.910. The molecule has 1 aromatic rings. The van der Waals surface area contributed by atoms with Crippen molar-refractivity contribution in [2.75, 3.05) is 29.5 Å². The molecule has 114 valence electrons. The summed E-state index contributed by atoms with van der Waals surface area (Å²) < 4.78 is 23.3. The standard InChI is InChI=1S/C13H23N3O2S2/c1-13(2,3)11-10(9-14)19-12(15-11)16-5-4-7-20(17,18)8-6-16/h4-9,14H2,1-3H3. The number of hydrogen-bond donors (Lipinski definition) is 1. The van der Waals surface area contributed by atoms with Crippen LogP contribution in [0, 0.1) is 0 Å². The molecule has 2 heterocycles. The average molecular weight is 317 g/mol. The van der Waals surface area contributed by atoms with Crippen molar-refractivity contribution < 1.29 is 8.42 Å². The first-order valence-corrected chi connectivity index (χ1v) is 9.52. The number of thiazole rings is 1. The summed E-state index contributed by atoms with van der Waals surface area (Å²) in [6, 6.07) is 0. The van der Waals surface area contributed by atoms with Gasteiger partial charge in [-0.1, -0.05) is 20.8 Å². The normalized spacial score (nSPS) is 19.9. The molecule has 7 heteroatoms. The Morgan fingerprint density at radius 3 is 2.55 bits per heavy atom. The Kier molecular flexibility index (Phi) is 4.41. The van der Waals surface area contributed by atoms with Gasteiger partial charge in [0.25, 0.3) is 0 Å². The Balaban J connectivity index is 2.27. The second-order valence-electron chi connectivity index (χ2n) is 6.21. The fourth-order valence-corrected chi connectivity index (χ4v) is 4.80. The van der Waals surface area contributed by atoms with E-state index < -0.39 is 9.84 Å². The Bertz CT molecular complexity index is 573. The van der Waals surface area contributed by atoms with Crippen molar-refractivity contribution in [3.05, 3.63) is 10.6 Å². The first-order chi connectivity index (χ1) is 9.23. The summed E-state index contributed by atoms with van der Waals surface area (Å²) in [4.78, 5) is 7.92. The van der Waals surface area contributed by atoms with Crippen LogP contribution in [0.5, 0.6) is 0 Å². The van der Waals surface area contributed by atoms with Crippen LogP contribution in [-0.4, -0.2) is 38.0 Å². The lowest BCUT2D eigenvalue weighted by atomic mass is 9.91. The third-order valence-electron chi connectivity index (χ3n) is 3.41. The van der Waals surface area contributed by atoms with Crippen LogP contribution in [0.1, 0.15) is 37.8 Å². The van der Waals surface area contributed by atoms with Crippen LogP contribution in [0.4, 0.5) is 5.13 Å². The Morgan fingerprint density at radius 1 is 1.30 bits per heavy atom. The average Bonchev–Trinajstić information content (AvgIpc) is 2.69. The number of anilines is 1. The molecule has 1 fully saturated rings. The molecule has 1 saturated heterocycles. The van der Waals surface area contributed by atoms with Gasteiger partial charge in [0.05, 0.1) is 17.2 Å². The first kappa shape index (κ1) is 15.7. The summed E-state index contributed by atoms with van der Waals surface area (Å²) in [6.45, 7) is 8.13. The van der Waals surface area contributed by atoms with Gasteiger partial charge in [0, 0.05) is 29.9 Å². The van der Waals surface area contributed by atoms with Gasteiger partial charge < -0.3 is 10.6 Å². The van der Waals surface area contributed by atoms with Crippen LogP contribution in [-0.2, 0) is 21.8 Å². The van der Waals surface area contributed by atoms with E-state index in [0.29, 0.717) is 19.5 Å². The second kappa shape index (κ2) is 5.61. The molecule has 0 saturated carbocycles. The van der Waals surface area contributed by atoms with E-state index in [-0.39, 0.29) is 16.9 Å². The second-order valence-corrected chi connectivity index (χ2v) is 9.58. The van der Waals surface area contributed by atoms with E-state index in [1.54, 1.807) is 11.3 Å². The molecule has 5 nitrogen and oxygen atoms in total. The maximum absolute atomic E-state index is 11.7. The number of rotatable bonds is 2. The van der Waals surface area contributed by atoms with E-state index in [1.807, 2.05) is 0 Å². The Labute approximate surface area is 125 Å². The third kappa shape index (κ3) is 3.51. The molecular formula is C13H23N3O2S2. The van der Waals surface area contributed by atoms with Crippen molar-refractivity contribution in [1.82, 2.24) is 4.98 Å². The largest absolute Gasteiger partial charge is 0.347 e. The lowest BCUT2D eigenvalue weighted by molar-refractivity contribution is 0.565. The molecule has 2 N–H and O–H groups in total. The lowest BCUT2D eigenvalue weighted by Crippen LogP contribution is -2.26. The topological polar surface area (TPSA) is 76.3 Å². The molecule has 0 amide bonds. The Hall–Kier alpha value is -0.660. The quantitative estimate of drug-likeness (QED) is 0.895. The predicted molar refractivity (Wildman–Crippen MR) is 84.2 cm³/mol. The van der Waals surface area contributed by atoms with Crippen LogP contribution >= 0.6 is 11.3 Å². The SMILES string of the molecule is CC(C)(C)c1nc(N2CCCS(=O)(=O)CC2)sc1CN. The van der Waals surface area contributed by atoms with Gasteiger partial charge in [-0.3, -0.25) is 0 Å². The number of aromatic nitrogens is 1. The maximum Gasteiger partial charge on any atom is 0.185 e. The minimum atomic E-state index is -2.89. The Morgan fingerprint density at radius 2 is 2.00 bits per heavy atom. The number of nitrogens with two attached hydrogens (primary N) is 1. The highest BCUT2D eigenvalue weighted by molar-refractivity contribution is 7.91.